The number of hydrogen-bond acceptors (Lipinski definition) is 9. The summed E-state index contributed by atoms with van der Waals surface area (Å²) in [6.07, 6.45) is -0.263. The Morgan fingerprint density at radius 2 is 1.78 bits per heavy atom. The van der Waals surface area contributed by atoms with Gasteiger partial charge in [-0.3, -0.25) is 24.4 Å². The molecule has 2 aromatic carbocycles. The SMILES string of the molecule is O=C(C[C@@H]1SC(=N[C@H](c2ccc(O)cc2)c2c(O)[nH]c(=O)[nH]c2=O)NC1=O)Nc1cccc(C(=O)O)c1. The van der Waals surface area contributed by atoms with Crippen LogP contribution in [0.4, 0.5) is 5.69 Å². The first-order valence-electron chi connectivity index (χ1n) is 10.6. The van der Waals surface area contributed by atoms with E-state index in [2.05, 4.69) is 20.6 Å². The number of aromatic amines is 2. The van der Waals surface area contributed by atoms with Gasteiger partial charge in [0.2, 0.25) is 17.7 Å². The molecule has 0 bridgehead atoms. The van der Waals surface area contributed by atoms with E-state index in [1.807, 2.05) is 4.98 Å². The van der Waals surface area contributed by atoms with Crippen LogP contribution in [0.15, 0.2) is 63.1 Å². The summed E-state index contributed by atoms with van der Waals surface area (Å²) in [5, 5.41) is 33.2. The highest BCUT2D eigenvalue weighted by atomic mass is 32.2. The molecular formula is C23H19N5O8S. The van der Waals surface area contributed by atoms with Gasteiger partial charge in [-0.15, -0.1) is 0 Å². The average molecular weight is 525 g/mol. The molecule has 1 fully saturated rings. The van der Waals surface area contributed by atoms with Crippen LogP contribution in [0.1, 0.15) is 33.9 Å². The number of thioether (sulfide) groups is 1. The first-order chi connectivity index (χ1) is 17.6. The Balaban J connectivity index is 1.57. The number of amidine groups is 1. The molecule has 2 amide bonds. The zero-order chi connectivity index (χ0) is 26.7. The van der Waals surface area contributed by atoms with E-state index in [-0.39, 0.29) is 34.2 Å². The fourth-order valence-electron chi connectivity index (χ4n) is 3.53. The molecule has 2 heterocycles. The highest BCUT2D eigenvalue weighted by Crippen LogP contribution is 2.32. The van der Waals surface area contributed by atoms with Gasteiger partial charge in [-0.1, -0.05) is 30.0 Å². The van der Waals surface area contributed by atoms with E-state index in [4.69, 9.17) is 5.11 Å². The van der Waals surface area contributed by atoms with Crippen molar-refractivity contribution in [3.63, 3.8) is 0 Å². The number of aromatic carboxylic acids is 1. The van der Waals surface area contributed by atoms with Gasteiger partial charge in [-0.05, 0) is 35.9 Å². The van der Waals surface area contributed by atoms with Crippen LogP contribution in [0.2, 0.25) is 0 Å². The summed E-state index contributed by atoms with van der Waals surface area (Å²) < 4.78 is 0. The van der Waals surface area contributed by atoms with Crippen molar-refractivity contribution in [1.82, 2.24) is 15.3 Å². The normalized spacial score (nSPS) is 16.8. The van der Waals surface area contributed by atoms with E-state index < -0.39 is 46.2 Å². The number of nitrogens with zero attached hydrogens (tertiary/aromatic N) is 1. The van der Waals surface area contributed by atoms with Crippen LogP contribution in [0.3, 0.4) is 0 Å². The molecule has 0 saturated carbocycles. The monoisotopic (exact) mass is 525 g/mol. The number of carboxylic acids is 1. The number of anilines is 1. The lowest BCUT2D eigenvalue weighted by molar-refractivity contribution is -0.122. The molecule has 0 aliphatic carbocycles. The van der Waals surface area contributed by atoms with E-state index in [1.165, 1.54) is 48.5 Å². The minimum atomic E-state index is -1.18. The van der Waals surface area contributed by atoms with Crippen molar-refractivity contribution in [3.05, 3.63) is 86.1 Å². The summed E-state index contributed by atoms with van der Waals surface area (Å²) in [6.45, 7) is 0. The van der Waals surface area contributed by atoms with Gasteiger partial charge in [0.1, 0.15) is 22.6 Å². The summed E-state index contributed by atoms with van der Waals surface area (Å²) >= 11 is 0.921. The number of amides is 2. The fourth-order valence-corrected chi connectivity index (χ4v) is 4.52. The van der Waals surface area contributed by atoms with Crippen LogP contribution in [0.5, 0.6) is 11.6 Å². The molecule has 37 heavy (non-hydrogen) atoms. The molecule has 0 spiro atoms. The molecule has 1 saturated heterocycles. The van der Waals surface area contributed by atoms with Crippen molar-refractivity contribution >= 4 is 40.4 Å². The molecule has 1 aromatic heterocycles. The maximum atomic E-state index is 12.5. The largest absolute Gasteiger partial charge is 0.508 e. The third-order valence-electron chi connectivity index (χ3n) is 5.23. The molecule has 4 rings (SSSR count). The second-order valence-electron chi connectivity index (χ2n) is 7.83. The maximum absolute atomic E-state index is 12.5. The van der Waals surface area contributed by atoms with Gasteiger partial charge >= 0.3 is 11.7 Å². The minimum absolute atomic E-state index is 0.0130. The zero-order valence-electron chi connectivity index (χ0n) is 18.7. The number of aromatic nitrogens is 2. The standard InChI is InChI=1S/C23H19N5O8S/c29-13-6-4-10(5-7-13)17(16-19(32)26-22(36)27-20(16)33)25-23-28-18(31)14(37-23)9-15(30)24-12-3-1-2-11(8-12)21(34)35/h1-8,14,17,29H,9H2,(H,24,30)(H,34,35)(H,25,28,31)(H3,26,27,32,33,36)/t14-,17+/m0/s1. The van der Waals surface area contributed by atoms with E-state index in [1.54, 1.807) is 0 Å². The van der Waals surface area contributed by atoms with Crippen LogP contribution in [-0.4, -0.2) is 53.5 Å². The summed E-state index contributed by atoms with van der Waals surface area (Å²) in [4.78, 5) is 68.6. The highest BCUT2D eigenvalue weighted by molar-refractivity contribution is 8.15. The highest BCUT2D eigenvalue weighted by Gasteiger charge is 2.34. The number of phenolic OH excluding ortho intramolecular Hbond substituents is 1. The number of hydrogen-bond donors (Lipinski definition) is 7. The Morgan fingerprint density at radius 3 is 2.46 bits per heavy atom. The zero-order valence-corrected chi connectivity index (χ0v) is 19.5. The molecule has 13 nitrogen and oxygen atoms in total. The number of phenols is 1. The summed E-state index contributed by atoms with van der Waals surface area (Å²) in [5.74, 6) is -3.00. The number of aliphatic imine (C=N–C) groups is 1. The minimum Gasteiger partial charge on any atom is -0.508 e. The Hall–Kier alpha value is -4.85. The van der Waals surface area contributed by atoms with Crippen molar-refractivity contribution in [2.24, 2.45) is 4.99 Å². The molecule has 2 atom stereocenters. The van der Waals surface area contributed by atoms with Gasteiger partial charge in [-0.25, -0.2) is 14.6 Å². The molecule has 14 heteroatoms. The molecule has 190 valence electrons. The lowest BCUT2D eigenvalue weighted by Crippen LogP contribution is -2.29. The molecule has 3 aromatic rings. The van der Waals surface area contributed by atoms with Gasteiger partial charge in [0.25, 0.3) is 5.56 Å². The fraction of sp³-hybridized carbons (Fsp3) is 0.130. The van der Waals surface area contributed by atoms with E-state index in [9.17, 15) is 34.2 Å². The van der Waals surface area contributed by atoms with Gasteiger partial charge in [0, 0.05) is 12.1 Å². The number of carbonyl (C=O) groups excluding carboxylic acids is 2. The van der Waals surface area contributed by atoms with Crippen molar-refractivity contribution in [1.29, 1.82) is 0 Å². The molecule has 0 unspecified atom stereocenters. The number of H-pyrrole nitrogens is 2. The lowest BCUT2D eigenvalue weighted by Gasteiger charge is -2.14. The number of aromatic hydroxyl groups is 2. The van der Waals surface area contributed by atoms with Crippen molar-refractivity contribution in [2.45, 2.75) is 17.7 Å². The molecule has 1 aliphatic heterocycles. The van der Waals surface area contributed by atoms with Crippen LogP contribution in [0, 0.1) is 0 Å². The van der Waals surface area contributed by atoms with E-state index in [0.29, 0.717) is 5.56 Å². The van der Waals surface area contributed by atoms with Crippen molar-refractivity contribution in [2.75, 3.05) is 5.32 Å². The van der Waals surface area contributed by atoms with Gasteiger partial charge in [0.15, 0.2) is 5.17 Å². The second-order valence-corrected chi connectivity index (χ2v) is 9.02. The number of nitrogens with one attached hydrogen (secondary N) is 4. The number of carbonyl (C=O) groups is 3. The van der Waals surface area contributed by atoms with Crippen LogP contribution in [0.25, 0.3) is 0 Å². The third-order valence-corrected chi connectivity index (χ3v) is 6.32. The summed E-state index contributed by atoms with van der Waals surface area (Å²) in [6, 6.07) is 10.0. The average Bonchev–Trinajstić information content (AvgIpc) is 3.16. The predicted molar refractivity (Wildman–Crippen MR) is 133 cm³/mol. The Labute approximate surface area is 211 Å². The molecule has 1 aliphatic rings. The molecule has 7 N–H and O–H groups in total. The summed E-state index contributed by atoms with van der Waals surface area (Å²) in [7, 11) is 0. The van der Waals surface area contributed by atoms with Crippen molar-refractivity contribution in [3.8, 4) is 11.6 Å². The van der Waals surface area contributed by atoms with Crippen LogP contribution >= 0.6 is 11.8 Å². The lowest BCUT2D eigenvalue weighted by atomic mass is 10.0. The first-order valence-corrected chi connectivity index (χ1v) is 11.5. The predicted octanol–water partition coefficient (Wildman–Crippen LogP) is 0.878. The van der Waals surface area contributed by atoms with Gasteiger partial charge in [-0.2, -0.15) is 0 Å². The smallest absolute Gasteiger partial charge is 0.335 e. The van der Waals surface area contributed by atoms with E-state index >= 15 is 0 Å². The first kappa shape index (κ1) is 25.2. The van der Waals surface area contributed by atoms with Gasteiger partial charge < -0.3 is 26.0 Å². The third kappa shape index (κ3) is 5.87. The van der Waals surface area contributed by atoms with E-state index in [0.717, 1.165) is 11.8 Å². The second kappa shape index (κ2) is 10.4. The Bertz CT molecular complexity index is 1530. The van der Waals surface area contributed by atoms with Crippen LogP contribution in [-0.2, 0) is 9.59 Å². The number of carboxylic acid groups (broad SMARTS) is 1. The van der Waals surface area contributed by atoms with Crippen LogP contribution < -0.4 is 21.9 Å². The van der Waals surface area contributed by atoms with Crippen molar-refractivity contribution < 1.29 is 29.7 Å². The molecule has 0 radical (unpaired) electrons. The number of rotatable bonds is 7. The van der Waals surface area contributed by atoms with Gasteiger partial charge in [0.05, 0.1) is 5.56 Å². The topological polar surface area (TPSA) is 214 Å². The number of benzene rings is 2. The Kier molecular flexibility index (Phi) is 7.11. The molecular weight excluding hydrogens is 506 g/mol. The Morgan fingerprint density at radius 1 is 1.05 bits per heavy atom. The summed E-state index contributed by atoms with van der Waals surface area (Å²) in [5.41, 5.74) is -1.53. The maximum Gasteiger partial charge on any atom is 0.335 e. The quantitative estimate of drug-likeness (QED) is 0.233.